The Hall–Kier alpha value is -1.02. The molecule has 2 heteroatoms. The molecule has 0 heterocycles. The maximum atomic E-state index is 5.21. The van der Waals surface area contributed by atoms with Crippen molar-refractivity contribution in [2.75, 3.05) is 7.11 Å². The zero-order chi connectivity index (χ0) is 13.8. The van der Waals surface area contributed by atoms with Crippen molar-refractivity contribution in [3.05, 3.63) is 29.8 Å². The predicted octanol–water partition coefficient (Wildman–Crippen LogP) is 4.17. The molecular weight excluding hydrogens is 234 g/mol. The minimum Gasteiger partial charge on any atom is -0.497 e. The summed E-state index contributed by atoms with van der Waals surface area (Å²) in [4.78, 5) is 0. The van der Waals surface area contributed by atoms with Crippen LogP contribution < -0.4 is 10.1 Å². The van der Waals surface area contributed by atoms with Gasteiger partial charge in [0.25, 0.3) is 0 Å². The van der Waals surface area contributed by atoms with E-state index in [0.29, 0.717) is 12.1 Å². The third-order valence-corrected chi connectivity index (χ3v) is 4.28. The van der Waals surface area contributed by atoms with Crippen LogP contribution >= 0.6 is 0 Å². The zero-order valence-electron chi connectivity index (χ0n) is 12.6. The van der Waals surface area contributed by atoms with Crippen LogP contribution in [-0.2, 0) is 0 Å². The standard InChI is InChI=1S/C17H27NO/c1-12-9-13(2)11-16(10-12)18-14(3)15-5-7-17(19-4)8-6-15/h5-8,12-14,16,18H,9-11H2,1-4H3/t12?,13?,14-,16?/m1/s1. The van der Waals surface area contributed by atoms with E-state index in [1.54, 1.807) is 7.11 Å². The fourth-order valence-electron chi connectivity index (χ4n) is 3.43. The summed E-state index contributed by atoms with van der Waals surface area (Å²) in [6.07, 6.45) is 4.00. The molecule has 0 saturated heterocycles. The predicted molar refractivity (Wildman–Crippen MR) is 80.5 cm³/mol. The summed E-state index contributed by atoms with van der Waals surface area (Å²) >= 11 is 0. The molecule has 1 aromatic rings. The van der Waals surface area contributed by atoms with E-state index in [4.69, 9.17) is 4.74 Å². The molecule has 1 N–H and O–H groups in total. The number of rotatable bonds is 4. The molecule has 0 aromatic heterocycles. The lowest BCUT2D eigenvalue weighted by Crippen LogP contribution is -2.37. The third-order valence-electron chi connectivity index (χ3n) is 4.28. The smallest absolute Gasteiger partial charge is 0.118 e. The average Bonchev–Trinajstić information content (AvgIpc) is 2.37. The van der Waals surface area contributed by atoms with Crippen LogP contribution in [0.5, 0.6) is 5.75 Å². The minimum atomic E-state index is 0.411. The number of nitrogens with one attached hydrogen (secondary N) is 1. The van der Waals surface area contributed by atoms with Crippen molar-refractivity contribution in [3.63, 3.8) is 0 Å². The number of ether oxygens (including phenoxy) is 1. The first-order chi connectivity index (χ1) is 9.08. The van der Waals surface area contributed by atoms with Crippen LogP contribution in [0.25, 0.3) is 0 Å². The highest BCUT2D eigenvalue weighted by Crippen LogP contribution is 2.30. The van der Waals surface area contributed by atoms with E-state index in [1.165, 1.54) is 24.8 Å². The van der Waals surface area contributed by atoms with Crippen LogP contribution in [0.3, 0.4) is 0 Å². The van der Waals surface area contributed by atoms with Gasteiger partial charge in [0.05, 0.1) is 7.11 Å². The van der Waals surface area contributed by atoms with Gasteiger partial charge in [-0.1, -0.05) is 26.0 Å². The van der Waals surface area contributed by atoms with Crippen LogP contribution in [-0.4, -0.2) is 13.2 Å². The second kappa shape index (κ2) is 6.42. The van der Waals surface area contributed by atoms with Gasteiger partial charge in [0, 0.05) is 12.1 Å². The summed E-state index contributed by atoms with van der Waals surface area (Å²) in [6.45, 7) is 7.01. The van der Waals surface area contributed by atoms with E-state index < -0.39 is 0 Å². The molecule has 1 saturated carbocycles. The fourth-order valence-corrected chi connectivity index (χ4v) is 3.43. The van der Waals surface area contributed by atoms with Crippen LogP contribution in [0.2, 0.25) is 0 Å². The first kappa shape index (κ1) is 14.4. The molecule has 1 aliphatic rings. The maximum absolute atomic E-state index is 5.21. The quantitative estimate of drug-likeness (QED) is 0.878. The molecule has 106 valence electrons. The van der Waals surface area contributed by atoms with E-state index in [9.17, 15) is 0 Å². The van der Waals surface area contributed by atoms with Gasteiger partial charge >= 0.3 is 0 Å². The molecule has 2 rings (SSSR count). The highest BCUT2D eigenvalue weighted by atomic mass is 16.5. The normalized spacial score (nSPS) is 28.9. The lowest BCUT2D eigenvalue weighted by Gasteiger charge is -2.34. The SMILES string of the molecule is COc1ccc([C@@H](C)NC2CC(C)CC(C)C2)cc1. The number of hydrogen-bond acceptors (Lipinski definition) is 2. The Balaban J connectivity index is 1.93. The number of methoxy groups -OCH3 is 1. The summed E-state index contributed by atoms with van der Waals surface area (Å²) in [5, 5.41) is 3.79. The summed E-state index contributed by atoms with van der Waals surface area (Å²) < 4.78 is 5.21. The van der Waals surface area contributed by atoms with E-state index in [0.717, 1.165) is 17.6 Å². The topological polar surface area (TPSA) is 21.3 Å². The van der Waals surface area contributed by atoms with Crippen molar-refractivity contribution in [1.82, 2.24) is 5.32 Å². The molecule has 0 radical (unpaired) electrons. The van der Waals surface area contributed by atoms with E-state index >= 15 is 0 Å². The van der Waals surface area contributed by atoms with Gasteiger partial charge < -0.3 is 10.1 Å². The van der Waals surface area contributed by atoms with Crippen molar-refractivity contribution in [1.29, 1.82) is 0 Å². The minimum absolute atomic E-state index is 0.411. The van der Waals surface area contributed by atoms with Gasteiger partial charge in [0.1, 0.15) is 5.75 Å². The van der Waals surface area contributed by atoms with Crippen LogP contribution in [0.4, 0.5) is 0 Å². The van der Waals surface area contributed by atoms with Crippen LogP contribution in [0.1, 0.15) is 51.6 Å². The molecule has 3 atom stereocenters. The highest BCUT2D eigenvalue weighted by molar-refractivity contribution is 5.28. The van der Waals surface area contributed by atoms with Gasteiger partial charge in [-0.3, -0.25) is 0 Å². The molecule has 0 aliphatic heterocycles. The highest BCUT2D eigenvalue weighted by Gasteiger charge is 2.24. The third kappa shape index (κ3) is 3.97. The molecule has 1 fully saturated rings. The van der Waals surface area contributed by atoms with Crippen molar-refractivity contribution < 1.29 is 4.74 Å². The largest absolute Gasteiger partial charge is 0.497 e. The Kier molecular flexibility index (Phi) is 4.87. The lowest BCUT2D eigenvalue weighted by molar-refractivity contribution is 0.228. The average molecular weight is 261 g/mol. The van der Waals surface area contributed by atoms with Crippen molar-refractivity contribution in [2.45, 2.75) is 52.1 Å². The molecule has 1 aliphatic carbocycles. The second-order valence-electron chi connectivity index (χ2n) is 6.28. The summed E-state index contributed by atoms with van der Waals surface area (Å²) in [5.41, 5.74) is 1.34. The molecule has 0 bridgehead atoms. The lowest BCUT2D eigenvalue weighted by atomic mass is 9.80. The van der Waals surface area contributed by atoms with Gasteiger partial charge in [-0.25, -0.2) is 0 Å². The fraction of sp³-hybridized carbons (Fsp3) is 0.647. The zero-order valence-corrected chi connectivity index (χ0v) is 12.6. The van der Waals surface area contributed by atoms with Gasteiger partial charge in [0.2, 0.25) is 0 Å². The van der Waals surface area contributed by atoms with Crippen LogP contribution in [0, 0.1) is 11.8 Å². The Labute approximate surface area is 117 Å². The van der Waals surface area contributed by atoms with E-state index in [2.05, 4.69) is 38.2 Å². The summed E-state index contributed by atoms with van der Waals surface area (Å²) in [6, 6.07) is 9.47. The van der Waals surface area contributed by atoms with Gasteiger partial charge in [-0.05, 0) is 55.7 Å². The van der Waals surface area contributed by atoms with Gasteiger partial charge in [-0.2, -0.15) is 0 Å². The van der Waals surface area contributed by atoms with Crippen LogP contribution in [0.15, 0.2) is 24.3 Å². The molecule has 2 unspecified atom stereocenters. The van der Waals surface area contributed by atoms with Crippen molar-refractivity contribution in [3.8, 4) is 5.75 Å². The number of benzene rings is 1. The molecule has 0 amide bonds. The van der Waals surface area contributed by atoms with E-state index in [1.807, 2.05) is 12.1 Å². The molecule has 19 heavy (non-hydrogen) atoms. The van der Waals surface area contributed by atoms with E-state index in [-0.39, 0.29) is 0 Å². The van der Waals surface area contributed by atoms with Crippen molar-refractivity contribution >= 4 is 0 Å². The summed E-state index contributed by atoms with van der Waals surface area (Å²) in [5.74, 6) is 2.63. The Morgan fingerprint density at radius 1 is 1.05 bits per heavy atom. The van der Waals surface area contributed by atoms with Gasteiger partial charge in [-0.15, -0.1) is 0 Å². The molecule has 2 nitrogen and oxygen atoms in total. The maximum Gasteiger partial charge on any atom is 0.118 e. The number of hydrogen-bond donors (Lipinski definition) is 1. The Morgan fingerprint density at radius 2 is 1.63 bits per heavy atom. The summed E-state index contributed by atoms with van der Waals surface area (Å²) in [7, 11) is 1.71. The second-order valence-corrected chi connectivity index (χ2v) is 6.28. The first-order valence-electron chi connectivity index (χ1n) is 7.48. The Bertz CT molecular complexity index is 377. The van der Waals surface area contributed by atoms with Gasteiger partial charge in [0.15, 0.2) is 0 Å². The first-order valence-corrected chi connectivity index (χ1v) is 7.48. The molecule has 0 spiro atoms. The molecular formula is C17H27NO. The Morgan fingerprint density at radius 3 is 2.16 bits per heavy atom. The molecule has 1 aromatic carbocycles. The van der Waals surface area contributed by atoms with Crippen molar-refractivity contribution in [2.24, 2.45) is 11.8 Å². The monoisotopic (exact) mass is 261 g/mol.